The lowest BCUT2D eigenvalue weighted by Crippen LogP contribution is -2.47. The van der Waals surface area contributed by atoms with Crippen LogP contribution in [0.1, 0.15) is 32.8 Å². The molecule has 0 aliphatic heterocycles. The van der Waals surface area contributed by atoms with Gasteiger partial charge in [-0.05, 0) is 12.5 Å². The number of carbonyl (C=O) groups is 4. The van der Waals surface area contributed by atoms with Gasteiger partial charge in [-0.25, -0.2) is 4.79 Å². The first kappa shape index (κ1) is 22.1. The molecule has 8 nitrogen and oxygen atoms in total. The van der Waals surface area contributed by atoms with Crippen LogP contribution in [-0.4, -0.2) is 64.3 Å². The molecule has 0 spiro atoms. The second-order valence-corrected chi connectivity index (χ2v) is 6.26. The third-order valence-corrected chi connectivity index (χ3v) is 4.13. The molecule has 1 rings (SSSR count). The zero-order chi connectivity index (χ0) is 20.4. The van der Waals surface area contributed by atoms with E-state index < -0.39 is 12.0 Å². The molecule has 0 heterocycles. The van der Waals surface area contributed by atoms with Crippen molar-refractivity contribution in [3.8, 4) is 0 Å². The van der Waals surface area contributed by atoms with Gasteiger partial charge in [0.25, 0.3) is 0 Å². The van der Waals surface area contributed by atoms with Crippen LogP contribution in [0, 0.1) is 0 Å². The van der Waals surface area contributed by atoms with Crippen molar-refractivity contribution < 1.29 is 24.3 Å². The van der Waals surface area contributed by atoms with E-state index in [-0.39, 0.29) is 43.8 Å². The van der Waals surface area contributed by atoms with Crippen molar-refractivity contribution in [3.63, 3.8) is 0 Å². The van der Waals surface area contributed by atoms with Gasteiger partial charge in [0.05, 0.1) is 0 Å². The summed E-state index contributed by atoms with van der Waals surface area (Å²) in [5.41, 5.74) is 0.946. The van der Waals surface area contributed by atoms with E-state index in [9.17, 15) is 24.3 Å². The van der Waals surface area contributed by atoms with Crippen molar-refractivity contribution in [3.05, 3.63) is 35.9 Å². The minimum absolute atomic E-state index is 0.00407. The molecule has 1 atom stereocenters. The molecule has 1 unspecified atom stereocenters. The van der Waals surface area contributed by atoms with Crippen LogP contribution < -0.4 is 5.32 Å². The molecule has 8 heteroatoms. The van der Waals surface area contributed by atoms with Gasteiger partial charge in [0.1, 0.15) is 6.04 Å². The summed E-state index contributed by atoms with van der Waals surface area (Å²) in [6.45, 7) is 5.02. The summed E-state index contributed by atoms with van der Waals surface area (Å²) in [6, 6.07) is 8.39. The van der Waals surface area contributed by atoms with E-state index in [2.05, 4.69) is 5.32 Å². The fourth-order valence-electron chi connectivity index (χ4n) is 2.55. The second kappa shape index (κ2) is 10.9. The molecule has 1 aromatic carbocycles. The summed E-state index contributed by atoms with van der Waals surface area (Å²) in [7, 11) is 0. The monoisotopic (exact) mass is 377 g/mol. The summed E-state index contributed by atoms with van der Waals surface area (Å²) < 4.78 is 0. The molecule has 0 saturated heterocycles. The quantitative estimate of drug-likeness (QED) is 0.629. The Morgan fingerprint density at radius 2 is 1.70 bits per heavy atom. The molecule has 148 valence electrons. The molecule has 1 aromatic rings. The minimum atomic E-state index is -1.13. The van der Waals surface area contributed by atoms with Crippen molar-refractivity contribution in [1.82, 2.24) is 15.1 Å². The van der Waals surface area contributed by atoms with Crippen molar-refractivity contribution in [2.45, 2.75) is 39.8 Å². The SMILES string of the molecule is CC(=O)NCCN(C(=O)CCN(Cc1ccccc1)C(C)=O)C(C)C(=O)O. The van der Waals surface area contributed by atoms with E-state index >= 15 is 0 Å². The Labute approximate surface area is 159 Å². The number of nitrogens with one attached hydrogen (secondary N) is 1. The Balaban J connectivity index is 2.72. The van der Waals surface area contributed by atoms with Gasteiger partial charge in [-0.15, -0.1) is 0 Å². The van der Waals surface area contributed by atoms with E-state index in [1.807, 2.05) is 30.3 Å². The summed E-state index contributed by atoms with van der Waals surface area (Å²) in [4.78, 5) is 49.5. The number of hydrogen-bond donors (Lipinski definition) is 2. The molecule has 3 amide bonds. The van der Waals surface area contributed by atoms with E-state index in [4.69, 9.17) is 0 Å². The maximum atomic E-state index is 12.6. The highest BCUT2D eigenvalue weighted by atomic mass is 16.4. The molecule has 27 heavy (non-hydrogen) atoms. The van der Waals surface area contributed by atoms with Crippen molar-refractivity contribution in [1.29, 1.82) is 0 Å². The van der Waals surface area contributed by atoms with Crippen LogP contribution in [-0.2, 0) is 25.7 Å². The number of rotatable bonds is 10. The Bertz CT molecular complexity index is 663. The first-order chi connectivity index (χ1) is 12.7. The van der Waals surface area contributed by atoms with Gasteiger partial charge in [-0.1, -0.05) is 30.3 Å². The van der Waals surface area contributed by atoms with E-state index in [1.54, 1.807) is 4.90 Å². The summed E-state index contributed by atoms with van der Waals surface area (Å²) in [6.07, 6.45) is 0.00407. The maximum absolute atomic E-state index is 12.6. The molecule has 0 bridgehead atoms. The number of aliphatic carboxylic acids is 1. The highest BCUT2D eigenvalue weighted by Gasteiger charge is 2.25. The number of benzene rings is 1. The fourth-order valence-corrected chi connectivity index (χ4v) is 2.55. The number of nitrogens with zero attached hydrogens (tertiary/aromatic N) is 2. The standard InChI is InChI=1S/C19H27N3O5/c1-14(19(26)27)22(12-10-20-15(2)23)18(25)9-11-21(16(3)24)13-17-7-5-4-6-8-17/h4-8,14H,9-13H2,1-3H3,(H,20,23)(H,26,27). The Morgan fingerprint density at radius 1 is 1.07 bits per heavy atom. The van der Waals surface area contributed by atoms with Gasteiger partial charge in [0, 0.05) is 46.4 Å². The molecule has 0 radical (unpaired) electrons. The Hall–Kier alpha value is -2.90. The fraction of sp³-hybridized carbons (Fsp3) is 0.474. The minimum Gasteiger partial charge on any atom is -0.480 e. The highest BCUT2D eigenvalue weighted by Crippen LogP contribution is 2.08. The summed E-state index contributed by atoms with van der Waals surface area (Å²) in [5.74, 6) is -1.92. The maximum Gasteiger partial charge on any atom is 0.326 e. The average molecular weight is 377 g/mol. The van der Waals surface area contributed by atoms with Gasteiger partial charge in [0.15, 0.2) is 0 Å². The molecule has 0 aromatic heterocycles. The Kier molecular flexibility index (Phi) is 8.98. The topological polar surface area (TPSA) is 107 Å². The number of carboxylic acid groups (broad SMARTS) is 1. The van der Waals surface area contributed by atoms with Crippen LogP contribution in [0.4, 0.5) is 0 Å². The summed E-state index contributed by atoms with van der Waals surface area (Å²) in [5, 5.41) is 11.8. The molecule has 0 fully saturated rings. The van der Waals surface area contributed by atoms with Crippen molar-refractivity contribution in [2.75, 3.05) is 19.6 Å². The van der Waals surface area contributed by atoms with Gasteiger partial charge in [-0.2, -0.15) is 0 Å². The predicted molar refractivity (Wildman–Crippen MR) is 99.6 cm³/mol. The first-order valence-electron chi connectivity index (χ1n) is 8.78. The number of carbonyl (C=O) groups excluding carboxylic acids is 3. The largest absolute Gasteiger partial charge is 0.480 e. The lowest BCUT2D eigenvalue weighted by molar-refractivity contribution is -0.149. The van der Waals surface area contributed by atoms with Gasteiger partial charge >= 0.3 is 5.97 Å². The highest BCUT2D eigenvalue weighted by molar-refractivity contribution is 5.84. The molecular formula is C19H27N3O5. The molecule has 0 aliphatic rings. The first-order valence-corrected chi connectivity index (χ1v) is 8.78. The van der Waals surface area contributed by atoms with Crippen LogP contribution in [0.15, 0.2) is 30.3 Å². The van der Waals surface area contributed by atoms with Gasteiger partial charge in [-0.3, -0.25) is 14.4 Å². The lowest BCUT2D eigenvalue weighted by Gasteiger charge is -2.28. The average Bonchev–Trinajstić information content (AvgIpc) is 2.61. The van der Waals surface area contributed by atoms with Crippen LogP contribution >= 0.6 is 0 Å². The van der Waals surface area contributed by atoms with E-state index in [0.29, 0.717) is 6.54 Å². The van der Waals surface area contributed by atoms with Gasteiger partial charge in [0.2, 0.25) is 17.7 Å². The summed E-state index contributed by atoms with van der Waals surface area (Å²) >= 11 is 0. The normalized spacial score (nSPS) is 11.4. The third-order valence-electron chi connectivity index (χ3n) is 4.13. The number of hydrogen-bond acceptors (Lipinski definition) is 4. The van der Waals surface area contributed by atoms with Crippen LogP contribution in [0.3, 0.4) is 0 Å². The van der Waals surface area contributed by atoms with Crippen molar-refractivity contribution >= 4 is 23.7 Å². The third kappa shape index (κ3) is 7.89. The van der Waals surface area contributed by atoms with E-state index in [1.165, 1.54) is 25.7 Å². The molecular weight excluding hydrogens is 350 g/mol. The second-order valence-electron chi connectivity index (χ2n) is 6.26. The lowest BCUT2D eigenvalue weighted by atomic mass is 10.2. The smallest absolute Gasteiger partial charge is 0.326 e. The van der Waals surface area contributed by atoms with Crippen LogP contribution in [0.2, 0.25) is 0 Å². The zero-order valence-corrected chi connectivity index (χ0v) is 16.0. The zero-order valence-electron chi connectivity index (χ0n) is 16.0. The van der Waals surface area contributed by atoms with E-state index in [0.717, 1.165) is 5.56 Å². The Morgan fingerprint density at radius 3 is 2.22 bits per heavy atom. The van der Waals surface area contributed by atoms with Gasteiger partial charge < -0.3 is 20.2 Å². The molecule has 0 aliphatic carbocycles. The predicted octanol–water partition coefficient (Wildman–Crippen LogP) is 0.863. The van der Waals surface area contributed by atoms with Crippen molar-refractivity contribution in [2.24, 2.45) is 0 Å². The number of carboxylic acids is 1. The molecule has 0 saturated carbocycles. The number of amides is 3. The van der Waals surface area contributed by atoms with Crippen LogP contribution in [0.25, 0.3) is 0 Å². The van der Waals surface area contributed by atoms with Crippen LogP contribution in [0.5, 0.6) is 0 Å². The molecule has 2 N–H and O–H groups in total.